The highest BCUT2D eigenvalue weighted by atomic mass is 28.4. The summed E-state index contributed by atoms with van der Waals surface area (Å²) in [4.78, 5) is 10.6. The number of carboxylic acids is 1. The summed E-state index contributed by atoms with van der Waals surface area (Å²) in [5.41, 5.74) is 1.04. The molecule has 0 radical (unpaired) electrons. The number of carboxylic acid groups (broad SMARTS) is 1. The van der Waals surface area contributed by atoms with E-state index in [0.717, 1.165) is 36.5 Å². The summed E-state index contributed by atoms with van der Waals surface area (Å²) >= 11 is 0. The summed E-state index contributed by atoms with van der Waals surface area (Å²) in [7, 11) is -1.54. The zero-order valence-corrected chi connectivity index (χ0v) is 12.2. The lowest BCUT2D eigenvalue weighted by Crippen LogP contribution is -2.38. The van der Waals surface area contributed by atoms with Gasteiger partial charge < -0.3 is 9.53 Å². The molecule has 1 N–H and O–H groups in total. The van der Waals surface area contributed by atoms with Crippen molar-refractivity contribution in [2.75, 3.05) is 0 Å². The van der Waals surface area contributed by atoms with Gasteiger partial charge in [0.25, 0.3) is 0 Å². The molecule has 0 saturated heterocycles. The Bertz CT molecular complexity index is 287. The predicted molar refractivity (Wildman–Crippen MR) is 71.6 cm³/mol. The van der Waals surface area contributed by atoms with Gasteiger partial charge in [0.15, 0.2) is 8.32 Å². The van der Waals surface area contributed by atoms with Gasteiger partial charge in [-0.3, -0.25) is 4.79 Å². The third-order valence-electron chi connectivity index (χ3n) is 3.88. The normalized spacial score (nSPS) is 20.4. The molecule has 3 nitrogen and oxygen atoms in total. The fourth-order valence-corrected chi connectivity index (χ4v) is 5.34. The van der Waals surface area contributed by atoms with Crippen LogP contribution in [0.4, 0.5) is 0 Å². The fraction of sp³-hybridized carbons (Fsp3) is 0.769. The SMILES string of the molecule is CC[Si](CC)(CC)OC1C=C(CC(=O)O)CC1. The van der Waals surface area contributed by atoms with Crippen molar-refractivity contribution in [3.63, 3.8) is 0 Å². The molecule has 98 valence electrons. The first-order valence-electron chi connectivity index (χ1n) is 6.64. The number of hydrogen-bond acceptors (Lipinski definition) is 2. The van der Waals surface area contributed by atoms with Crippen LogP contribution in [-0.4, -0.2) is 25.5 Å². The summed E-state index contributed by atoms with van der Waals surface area (Å²) in [6.07, 6.45) is 4.27. The van der Waals surface area contributed by atoms with Crippen LogP contribution in [-0.2, 0) is 9.22 Å². The number of carbonyl (C=O) groups is 1. The van der Waals surface area contributed by atoms with Crippen molar-refractivity contribution in [1.82, 2.24) is 0 Å². The van der Waals surface area contributed by atoms with Crippen LogP contribution < -0.4 is 0 Å². The number of hydrogen-bond donors (Lipinski definition) is 1. The van der Waals surface area contributed by atoms with Gasteiger partial charge in [-0.2, -0.15) is 0 Å². The van der Waals surface area contributed by atoms with E-state index < -0.39 is 14.3 Å². The van der Waals surface area contributed by atoms with Crippen LogP contribution in [0.3, 0.4) is 0 Å². The van der Waals surface area contributed by atoms with Gasteiger partial charge in [-0.15, -0.1) is 0 Å². The Kier molecular flexibility index (Phi) is 5.40. The van der Waals surface area contributed by atoms with E-state index in [4.69, 9.17) is 9.53 Å². The summed E-state index contributed by atoms with van der Waals surface area (Å²) in [5, 5.41) is 8.76. The third-order valence-corrected chi connectivity index (χ3v) is 8.55. The molecular formula is C13H24O3Si. The van der Waals surface area contributed by atoms with E-state index in [1.165, 1.54) is 0 Å². The van der Waals surface area contributed by atoms with E-state index in [-0.39, 0.29) is 12.5 Å². The summed E-state index contributed by atoms with van der Waals surface area (Å²) in [5.74, 6) is -0.734. The maximum Gasteiger partial charge on any atom is 0.307 e. The zero-order valence-electron chi connectivity index (χ0n) is 11.2. The van der Waals surface area contributed by atoms with E-state index in [9.17, 15) is 4.79 Å². The lowest BCUT2D eigenvalue weighted by atomic mass is 10.2. The first-order chi connectivity index (χ1) is 8.05. The summed E-state index contributed by atoms with van der Waals surface area (Å²) < 4.78 is 6.33. The lowest BCUT2D eigenvalue weighted by Gasteiger charge is -2.31. The van der Waals surface area contributed by atoms with Crippen LogP contribution in [0.2, 0.25) is 18.1 Å². The van der Waals surface area contributed by atoms with Gasteiger partial charge in [-0.1, -0.05) is 32.4 Å². The Morgan fingerprint density at radius 3 is 2.47 bits per heavy atom. The van der Waals surface area contributed by atoms with Crippen molar-refractivity contribution in [2.45, 2.75) is 64.3 Å². The first-order valence-corrected chi connectivity index (χ1v) is 9.17. The van der Waals surface area contributed by atoms with Crippen molar-refractivity contribution in [1.29, 1.82) is 0 Å². The number of aliphatic carboxylic acids is 1. The molecule has 0 aliphatic heterocycles. The molecule has 0 saturated carbocycles. The lowest BCUT2D eigenvalue weighted by molar-refractivity contribution is -0.136. The maximum absolute atomic E-state index is 10.6. The van der Waals surface area contributed by atoms with Gasteiger partial charge in [0.2, 0.25) is 0 Å². The molecule has 1 aliphatic carbocycles. The standard InChI is InChI=1S/C13H24O3Si/c1-4-17(5-2,6-3)16-12-8-7-11(9-12)10-13(14)15/h9,12H,4-8,10H2,1-3H3,(H,14,15). The van der Waals surface area contributed by atoms with Crippen molar-refractivity contribution in [2.24, 2.45) is 0 Å². The Morgan fingerprint density at radius 2 is 2.00 bits per heavy atom. The molecule has 4 heteroatoms. The van der Waals surface area contributed by atoms with Crippen LogP contribution in [0.25, 0.3) is 0 Å². The second kappa shape index (κ2) is 6.35. The largest absolute Gasteiger partial charge is 0.481 e. The molecule has 1 unspecified atom stereocenters. The highest BCUT2D eigenvalue weighted by Crippen LogP contribution is 2.30. The molecule has 0 amide bonds. The van der Waals surface area contributed by atoms with Gasteiger partial charge in [-0.25, -0.2) is 0 Å². The smallest absolute Gasteiger partial charge is 0.307 e. The Morgan fingerprint density at radius 1 is 1.41 bits per heavy atom. The average Bonchev–Trinajstić information content (AvgIpc) is 2.72. The van der Waals surface area contributed by atoms with Crippen LogP contribution in [0.15, 0.2) is 11.6 Å². The molecule has 0 aromatic carbocycles. The van der Waals surface area contributed by atoms with Crippen molar-refractivity contribution in [3.8, 4) is 0 Å². The molecule has 1 atom stereocenters. The topological polar surface area (TPSA) is 46.5 Å². The van der Waals surface area contributed by atoms with Crippen LogP contribution >= 0.6 is 0 Å². The van der Waals surface area contributed by atoms with E-state index in [1.54, 1.807) is 0 Å². The van der Waals surface area contributed by atoms with Crippen LogP contribution in [0.1, 0.15) is 40.0 Å². The number of rotatable bonds is 7. The molecule has 0 fully saturated rings. The molecule has 0 heterocycles. The van der Waals surface area contributed by atoms with Crippen molar-refractivity contribution >= 4 is 14.3 Å². The van der Waals surface area contributed by atoms with Crippen LogP contribution in [0.5, 0.6) is 0 Å². The molecule has 0 aromatic rings. The van der Waals surface area contributed by atoms with E-state index >= 15 is 0 Å². The Labute approximate surface area is 105 Å². The van der Waals surface area contributed by atoms with E-state index in [0.29, 0.717) is 0 Å². The minimum absolute atomic E-state index is 0.177. The summed E-state index contributed by atoms with van der Waals surface area (Å²) in [6.45, 7) is 6.65. The molecule has 0 spiro atoms. The summed E-state index contributed by atoms with van der Waals surface area (Å²) in [6, 6.07) is 3.45. The molecule has 0 bridgehead atoms. The average molecular weight is 256 g/mol. The third kappa shape index (κ3) is 3.96. The van der Waals surface area contributed by atoms with Gasteiger partial charge >= 0.3 is 5.97 Å². The predicted octanol–water partition coefficient (Wildman–Crippen LogP) is 3.57. The van der Waals surface area contributed by atoms with Gasteiger partial charge in [0, 0.05) is 0 Å². The molecule has 1 aliphatic rings. The fourth-order valence-electron chi connectivity index (χ4n) is 2.51. The second-order valence-corrected chi connectivity index (χ2v) is 9.56. The first kappa shape index (κ1) is 14.4. The molecule has 17 heavy (non-hydrogen) atoms. The molecule has 0 aromatic heterocycles. The van der Waals surface area contributed by atoms with Gasteiger partial charge in [0.1, 0.15) is 0 Å². The van der Waals surface area contributed by atoms with Crippen molar-refractivity contribution < 1.29 is 14.3 Å². The zero-order chi connectivity index (χ0) is 12.9. The minimum atomic E-state index is -1.54. The van der Waals surface area contributed by atoms with Gasteiger partial charge in [0.05, 0.1) is 12.5 Å². The Hall–Kier alpha value is -0.613. The van der Waals surface area contributed by atoms with Crippen LogP contribution in [0, 0.1) is 0 Å². The highest BCUT2D eigenvalue weighted by Gasteiger charge is 2.32. The second-order valence-electron chi connectivity index (χ2n) is 4.83. The minimum Gasteiger partial charge on any atom is -0.481 e. The van der Waals surface area contributed by atoms with Crippen molar-refractivity contribution in [3.05, 3.63) is 11.6 Å². The van der Waals surface area contributed by atoms with E-state index in [2.05, 4.69) is 26.8 Å². The Balaban J connectivity index is 2.58. The van der Waals surface area contributed by atoms with E-state index in [1.807, 2.05) is 0 Å². The van der Waals surface area contributed by atoms with Gasteiger partial charge in [-0.05, 0) is 31.0 Å². The maximum atomic E-state index is 10.6. The molecule has 1 rings (SSSR count). The highest BCUT2D eigenvalue weighted by molar-refractivity contribution is 6.73. The quantitative estimate of drug-likeness (QED) is 0.559. The monoisotopic (exact) mass is 256 g/mol. The molecular weight excluding hydrogens is 232 g/mol.